The van der Waals surface area contributed by atoms with Crippen LogP contribution in [-0.4, -0.2) is 47.3 Å². The Kier molecular flexibility index (Phi) is 2.60. The molecule has 0 amide bonds. The molecule has 2 atom stereocenters. The van der Waals surface area contributed by atoms with Crippen LogP contribution >= 0.6 is 11.8 Å². The van der Waals surface area contributed by atoms with Gasteiger partial charge in [-0.25, -0.2) is 0 Å². The Morgan fingerprint density at radius 2 is 2.08 bits per heavy atom. The molecule has 1 N–H and O–H groups in total. The second-order valence-corrected chi connectivity index (χ2v) is 5.68. The van der Waals surface area contributed by atoms with Crippen LogP contribution in [0.5, 0.6) is 0 Å². The molecule has 2 aliphatic rings. The Balaban J connectivity index is 1.80. The summed E-state index contributed by atoms with van der Waals surface area (Å²) < 4.78 is 0. The van der Waals surface area contributed by atoms with E-state index < -0.39 is 0 Å². The van der Waals surface area contributed by atoms with Crippen LogP contribution in [0.1, 0.15) is 19.8 Å². The smallest absolute Gasteiger partial charge is 0.0565 e. The number of hydrogen-bond acceptors (Lipinski definition) is 3. The van der Waals surface area contributed by atoms with Gasteiger partial charge < -0.3 is 5.11 Å². The number of hydrogen-bond donors (Lipinski definition) is 1. The molecule has 2 fully saturated rings. The zero-order chi connectivity index (χ0) is 9.47. The molecule has 1 spiro atoms. The van der Waals surface area contributed by atoms with Crippen molar-refractivity contribution in [3.8, 4) is 0 Å². The van der Waals surface area contributed by atoms with Crippen LogP contribution in [0.2, 0.25) is 0 Å². The summed E-state index contributed by atoms with van der Waals surface area (Å²) in [7, 11) is 0. The third-order valence-electron chi connectivity index (χ3n) is 3.63. The fourth-order valence-corrected chi connectivity index (χ4v) is 2.97. The van der Waals surface area contributed by atoms with Gasteiger partial charge in [0.1, 0.15) is 0 Å². The average Bonchev–Trinajstić information content (AvgIpc) is 2.82. The van der Waals surface area contributed by atoms with Gasteiger partial charge >= 0.3 is 0 Å². The van der Waals surface area contributed by atoms with Crippen LogP contribution in [-0.2, 0) is 0 Å². The fraction of sp³-hybridized carbons (Fsp3) is 1.00. The predicted molar refractivity (Wildman–Crippen MR) is 57.1 cm³/mol. The lowest BCUT2D eigenvalue weighted by Crippen LogP contribution is -2.56. The van der Waals surface area contributed by atoms with Crippen molar-refractivity contribution >= 4 is 11.8 Å². The third-order valence-corrected chi connectivity index (χ3v) is 4.78. The summed E-state index contributed by atoms with van der Waals surface area (Å²) in [5.41, 5.74) is 0.743. The number of thioether (sulfide) groups is 1. The van der Waals surface area contributed by atoms with Crippen molar-refractivity contribution in [2.24, 2.45) is 5.41 Å². The Bertz CT molecular complexity index is 181. The lowest BCUT2D eigenvalue weighted by molar-refractivity contribution is 0.0362. The number of aliphatic hydroxyl groups excluding tert-OH is 1. The van der Waals surface area contributed by atoms with E-state index in [2.05, 4.69) is 18.1 Å². The minimum absolute atomic E-state index is 0.311. The minimum Gasteiger partial charge on any atom is -0.395 e. The average molecular weight is 201 g/mol. The zero-order valence-electron chi connectivity index (χ0n) is 8.49. The van der Waals surface area contributed by atoms with Gasteiger partial charge in [-0.15, -0.1) is 0 Å². The van der Waals surface area contributed by atoms with E-state index in [0.717, 1.165) is 5.41 Å². The van der Waals surface area contributed by atoms with Gasteiger partial charge in [0, 0.05) is 24.4 Å². The van der Waals surface area contributed by atoms with Crippen molar-refractivity contribution in [1.29, 1.82) is 0 Å². The van der Waals surface area contributed by atoms with Gasteiger partial charge in [0.15, 0.2) is 0 Å². The normalized spacial score (nSPS) is 29.8. The molecule has 0 aromatic rings. The SMILES string of the molecule is CSC(CO)C(C)N1CC2(CC2)C1. The summed E-state index contributed by atoms with van der Waals surface area (Å²) in [5.74, 6) is 0. The van der Waals surface area contributed by atoms with Gasteiger partial charge in [-0.05, 0) is 31.4 Å². The minimum atomic E-state index is 0.311. The summed E-state index contributed by atoms with van der Waals surface area (Å²) in [6.07, 6.45) is 4.97. The molecule has 1 saturated carbocycles. The maximum absolute atomic E-state index is 9.16. The Labute approximate surface area is 84.7 Å². The molecule has 2 nitrogen and oxygen atoms in total. The summed E-state index contributed by atoms with van der Waals surface area (Å²) in [5, 5.41) is 9.56. The van der Waals surface area contributed by atoms with Crippen LogP contribution in [0.15, 0.2) is 0 Å². The number of likely N-dealkylation sites (tertiary alicyclic amines) is 1. The van der Waals surface area contributed by atoms with Gasteiger partial charge in [-0.1, -0.05) is 0 Å². The van der Waals surface area contributed by atoms with Gasteiger partial charge in [0.05, 0.1) is 6.61 Å². The van der Waals surface area contributed by atoms with E-state index in [0.29, 0.717) is 17.9 Å². The van der Waals surface area contributed by atoms with Gasteiger partial charge in [0.2, 0.25) is 0 Å². The fourth-order valence-electron chi connectivity index (χ4n) is 2.26. The number of aliphatic hydroxyl groups is 1. The largest absolute Gasteiger partial charge is 0.395 e. The van der Waals surface area contributed by atoms with Gasteiger partial charge in [-0.3, -0.25) is 4.90 Å². The quantitative estimate of drug-likeness (QED) is 0.739. The third kappa shape index (κ3) is 1.74. The first-order valence-corrected chi connectivity index (χ1v) is 6.37. The molecule has 1 saturated heterocycles. The topological polar surface area (TPSA) is 23.5 Å². The van der Waals surface area contributed by atoms with E-state index in [1.807, 2.05) is 0 Å². The lowest BCUT2D eigenvalue weighted by Gasteiger charge is -2.46. The highest BCUT2D eigenvalue weighted by Gasteiger charge is 2.53. The first-order valence-electron chi connectivity index (χ1n) is 5.08. The van der Waals surface area contributed by atoms with E-state index in [4.69, 9.17) is 5.11 Å². The molecule has 1 aliphatic carbocycles. The van der Waals surface area contributed by atoms with Crippen molar-refractivity contribution in [2.45, 2.75) is 31.1 Å². The maximum Gasteiger partial charge on any atom is 0.0565 e. The van der Waals surface area contributed by atoms with Crippen molar-refractivity contribution in [2.75, 3.05) is 26.0 Å². The second kappa shape index (κ2) is 3.44. The summed E-state index contributed by atoms with van der Waals surface area (Å²) in [4.78, 5) is 2.52. The van der Waals surface area contributed by atoms with Gasteiger partial charge in [0.25, 0.3) is 0 Å². The van der Waals surface area contributed by atoms with E-state index in [-0.39, 0.29) is 0 Å². The van der Waals surface area contributed by atoms with E-state index >= 15 is 0 Å². The van der Waals surface area contributed by atoms with E-state index in [1.165, 1.54) is 25.9 Å². The molecule has 0 radical (unpaired) electrons. The predicted octanol–water partition coefficient (Wildman–Crippen LogP) is 1.19. The Morgan fingerprint density at radius 1 is 1.46 bits per heavy atom. The van der Waals surface area contributed by atoms with Crippen LogP contribution in [0.4, 0.5) is 0 Å². The second-order valence-electron chi connectivity index (χ2n) is 4.60. The standard InChI is InChI=1S/C10H19NOS/c1-8(9(5-12)13-2)11-6-10(7-11)3-4-10/h8-9,12H,3-7H2,1-2H3. The number of nitrogens with zero attached hydrogens (tertiary/aromatic N) is 1. The maximum atomic E-state index is 9.16. The van der Waals surface area contributed by atoms with Gasteiger partial charge in [-0.2, -0.15) is 11.8 Å². The zero-order valence-corrected chi connectivity index (χ0v) is 9.31. The molecule has 2 unspecified atom stereocenters. The molecule has 1 heterocycles. The lowest BCUT2D eigenvalue weighted by atomic mass is 9.94. The van der Waals surface area contributed by atoms with Crippen LogP contribution < -0.4 is 0 Å². The van der Waals surface area contributed by atoms with Crippen LogP contribution in [0, 0.1) is 5.41 Å². The van der Waals surface area contributed by atoms with Crippen LogP contribution in [0.25, 0.3) is 0 Å². The summed E-state index contributed by atoms with van der Waals surface area (Å²) in [6, 6.07) is 0.547. The highest BCUT2D eigenvalue weighted by Crippen LogP contribution is 2.53. The number of rotatable bonds is 4. The summed E-state index contributed by atoms with van der Waals surface area (Å²) >= 11 is 1.78. The van der Waals surface area contributed by atoms with Crippen molar-refractivity contribution in [1.82, 2.24) is 4.90 Å². The molecular formula is C10H19NOS. The van der Waals surface area contributed by atoms with Crippen molar-refractivity contribution < 1.29 is 5.11 Å². The summed E-state index contributed by atoms with van der Waals surface area (Å²) in [6.45, 7) is 5.12. The first kappa shape index (κ1) is 9.81. The monoisotopic (exact) mass is 201 g/mol. The van der Waals surface area contributed by atoms with E-state index in [9.17, 15) is 0 Å². The molecule has 0 aromatic heterocycles. The molecule has 3 heteroatoms. The molecule has 13 heavy (non-hydrogen) atoms. The van der Waals surface area contributed by atoms with Crippen molar-refractivity contribution in [3.63, 3.8) is 0 Å². The molecule has 0 bridgehead atoms. The molecule has 1 aliphatic heterocycles. The van der Waals surface area contributed by atoms with Crippen LogP contribution in [0.3, 0.4) is 0 Å². The molecule has 0 aromatic carbocycles. The molecule has 2 rings (SSSR count). The highest BCUT2D eigenvalue weighted by molar-refractivity contribution is 7.99. The Hall–Kier alpha value is 0.270. The van der Waals surface area contributed by atoms with E-state index in [1.54, 1.807) is 11.8 Å². The molecule has 76 valence electrons. The Morgan fingerprint density at radius 3 is 2.46 bits per heavy atom. The first-order chi connectivity index (χ1) is 6.21. The van der Waals surface area contributed by atoms with Crippen molar-refractivity contribution in [3.05, 3.63) is 0 Å². The highest BCUT2D eigenvalue weighted by atomic mass is 32.2. The molecular weight excluding hydrogens is 182 g/mol.